The maximum atomic E-state index is 10.2. The van der Waals surface area contributed by atoms with E-state index in [4.69, 9.17) is 21.3 Å². The fourth-order valence-corrected chi connectivity index (χ4v) is 4.68. The van der Waals surface area contributed by atoms with Gasteiger partial charge in [-0.2, -0.15) is 5.26 Å². The molecule has 0 atom stereocenters. The molecule has 0 saturated carbocycles. The summed E-state index contributed by atoms with van der Waals surface area (Å²) in [6, 6.07) is 26.4. The molecule has 6 heteroatoms. The van der Waals surface area contributed by atoms with E-state index in [-0.39, 0.29) is 6.10 Å². The molecule has 1 N–H and O–H groups in total. The highest BCUT2D eigenvalue weighted by molar-refractivity contribution is 6.30. The second kappa shape index (κ2) is 10.2. The highest BCUT2D eigenvalue weighted by Gasteiger charge is 2.26. The Hall–Kier alpha value is -3.75. The summed E-state index contributed by atoms with van der Waals surface area (Å²) in [7, 11) is 0. The number of pyridine rings is 1. The Balaban J connectivity index is 1.39. The Bertz CT molecular complexity index is 1350. The Morgan fingerprint density at radius 2 is 1.74 bits per heavy atom. The van der Waals surface area contributed by atoms with Gasteiger partial charge in [0.2, 0.25) is 0 Å². The number of nitrogens with zero attached hydrogens (tertiary/aromatic N) is 3. The van der Waals surface area contributed by atoms with Crippen LogP contribution in [0.4, 0.5) is 11.5 Å². The number of benzene rings is 3. The topological polar surface area (TPSA) is 61.2 Å². The number of hydrogen-bond acceptors (Lipinski definition) is 5. The summed E-state index contributed by atoms with van der Waals surface area (Å²) in [5.41, 5.74) is 4.70. The molecule has 3 aromatic carbocycles. The van der Waals surface area contributed by atoms with Crippen molar-refractivity contribution in [1.82, 2.24) is 4.98 Å². The van der Waals surface area contributed by atoms with Crippen LogP contribution in [-0.2, 0) is 6.54 Å². The second-order valence-electron chi connectivity index (χ2n) is 8.91. The van der Waals surface area contributed by atoms with Gasteiger partial charge in [-0.05, 0) is 42.8 Å². The molecule has 0 spiro atoms. The van der Waals surface area contributed by atoms with E-state index in [0.717, 1.165) is 53.8 Å². The number of hydrogen-bond donors (Lipinski definition) is 1. The van der Waals surface area contributed by atoms with Crippen LogP contribution >= 0.6 is 11.6 Å². The zero-order valence-corrected chi connectivity index (χ0v) is 20.4. The van der Waals surface area contributed by atoms with Crippen molar-refractivity contribution in [2.75, 3.05) is 23.3 Å². The summed E-state index contributed by atoms with van der Waals surface area (Å²) in [6.07, 6.45) is 1.95. The molecule has 1 aromatic heterocycles. The van der Waals surface area contributed by atoms with E-state index >= 15 is 0 Å². The van der Waals surface area contributed by atoms with Crippen LogP contribution < -0.4 is 15.0 Å². The molecule has 1 aliphatic heterocycles. The molecule has 0 unspecified atom stereocenters. The number of para-hydroxylation sites is 1. The van der Waals surface area contributed by atoms with E-state index in [1.165, 1.54) is 5.56 Å². The highest BCUT2D eigenvalue weighted by Crippen LogP contribution is 2.36. The van der Waals surface area contributed by atoms with Crippen molar-refractivity contribution in [3.63, 3.8) is 0 Å². The lowest BCUT2D eigenvalue weighted by atomic mass is 10.0. The van der Waals surface area contributed by atoms with E-state index < -0.39 is 0 Å². The molecule has 0 amide bonds. The lowest BCUT2D eigenvalue weighted by molar-refractivity contribution is 0.171. The summed E-state index contributed by atoms with van der Waals surface area (Å²) in [5.74, 6) is 1.52. The maximum absolute atomic E-state index is 10.2. The molecule has 1 fully saturated rings. The number of rotatable bonds is 6. The van der Waals surface area contributed by atoms with Crippen molar-refractivity contribution in [2.45, 2.75) is 32.4 Å². The van der Waals surface area contributed by atoms with Crippen LogP contribution in [0.15, 0.2) is 72.8 Å². The number of nitriles is 1. The van der Waals surface area contributed by atoms with E-state index in [0.29, 0.717) is 22.9 Å². The standard InChI is InChI=1S/C29H27ClN4O/c1-20-6-12-23(13-7-20)35-24-14-16-34(17-15-24)28-25-4-2-3-5-27(25)33-29(26(28)18-31)32-19-21-8-10-22(30)11-9-21/h2-13,24H,14-17,19H2,1H3,(H,32,33). The van der Waals surface area contributed by atoms with Crippen molar-refractivity contribution in [2.24, 2.45) is 0 Å². The molecule has 35 heavy (non-hydrogen) atoms. The molecule has 0 bridgehead atoms. The summed E-state index contributed by atoms with van der Waals surface area (Å²) in [4.78, 5) is 7.11. The first-order valence-electron chi connectivity index (χ1n) is 11.9. The first kappa shape index (κ1) is 23.0. The number of aryl methyl sites for hydroxylation is 1. The summed E-state index contributed by atoms with van der Waals surface area (Å²) < 4.78 is 6.23. The van der Waals surface area contributed by atoms with E-state index in [1.54, 1.807) is 0 Å². The third kappa shape index (κ3) is 5.18. The molecular formula is C29H27ClN4O. The number of fused-ring (bicyclic) bond motifs is 1. The average Bonchev–Trinajstić information content (AvgIpc) is 2.89. The second-order valence-corrected chi connectivity index (χ2v) is 9.35. The molecule has 5 rings (SSSR count). The van der Waals surface area contributed by atoms with Crippen molar-refractivity contribution in [3.05, 3.63) is 94.5 Å². The van der Waals surface area contributed by atoms with E-state index in [1.807, 2.05) is 54.6 Å². The van der Waals surface area contributed by atoms with Crippen molar-refractivity contribution in [1.29, 1.82) is 5.26 Å². The largest absolute Gasteiger partial charge is 0.490 e. The van der Waals surface area contributed by atoms with Crippen LogP contribution in [0.5, 0.6) is 5.75 Å². The fourth-order valence-electron chi connectivity index (χ4n) is 4.55. The smallest absolute Gasteiger partial charge is 0.147 e. The third-order valence-corrected chi connectivity index (χ3v) is 6.68. The van der Waals surface area contributed by atoms with Crippen LogP contribution in [0.2, 0.25) is 5.02 Å². The highest BCUT2D eigenvalue weighted by atomic mass is 35.5. The Morgan fingerprint density at radius 1 is 1.03 bits per heavy atom. The van der Waals surface area contributed by atoms with Gasteiger partial charge in [0.25, 0.3) is 0 Å². The monoisotopic (exact) mass is 482 g/mol. The third-order valence-electron chi connectivity index (χ3n) is 6.43. The fraction of sp³-hybridized carbons (Fsp3) is 0.241. The molecule has 2 heterocycles. The van der Waals surface area contributed by atoms with Crippen LogP contribution in [0.25, 0.3) is 10.9 Å². The number of nitrogens with one attached hydrogen (secondary N) is 1. The molecular weight excluding hydrogens is 456 g/mol. The molecule has 176 valence electrons. The number of anilines is 2. The maximum Gasteiger partial charge on any atom is 0.147 e. The van der Waals surface area contributed by atoms with Crippen LogP contribution in [0.1, 0.15) is 29.5 Å². The van der Waals surface area contributed by atoms with Gasteiger partial charge < -0.3 is 15.0 Å². The van der Waals surface area contributed by atoms with Gasteiger partial charge in [-0.15, -0.1) is 0 Å². The minimum Gasteiger partial charge on any atom is -0.490 e. The Labute approximate surface area is 210 Å². The Morgan fingerprint density at radius 3 is 2.46 bits per heavy atom. The van der Waals surface area contributed by atoms with Gasteiger partial charge in [0.15, 0.2) is 0 Å². The number of aromatic nitrogens is 1. The minimum absolute atomic E-state index is 0.162. The molecule has 0 aliphatic carbocycles. The van der Waals surface area contributed by atoms with Gasteiger partial charge >= 0.3 is 0 Å². The first-order valence-corrected chi connectivity index (χ1v) is 12.3. The first-order chi connectivity index (χ1) is 17.1. The summed E-state index contributed by atoms with van der Waals surface area (Å²) >= 11 is 6.02. The molecule has 4 aromatic rings. The lowest BCUT2D eigenvalue weighted by Crippen LogP contribution is -2.39. The summed E-state index contributed by atoms with van der Waals surface area (Å²) in [6.45, 7) is 4.27. The van der Waals surface area contributed by atoms with Gasteiger partial charge in [0, 0.05) is 42.9 Å². The van der Waals surface area contributed by atoms with Crippen LogP contribution in [0, 0.1) is 18.3 Å². The van der Waals surface area contributed by atoms with Crippen molar-refractivity contribution < 1.29 is 4.74 Å². The van der Waals surface area contributed by atoms with Gasteiger partial charge in [-0.1, -0.05) is 59.6 Å². The number of piperidine rings is 1. The minimum atomic E-state index is 0.162. The van der Waals surface area contributed by atoms with E-state index in [2.05, 4.69) is 41.4 Å². The normalized spacial score (nSPS) is 14.0. The lowest BCUT2D eigenvalue weighted by Gasteiger charge is -2.35. The SMILES string of the molecule is Cc1ccc(OC2CCN(c3c(C#N)c(NCc4ccc(Cl)cc4)nc4ccccc34)CC2)cc1. The molecule has 1 aliphatic rings. The summed E-state index contributed by atoms with van der Waals surface area (Å²) in [5, 5.41) is 15.3. The number of ether oxygens (including phenoxy) is 1. The van der Waals surface area contributed by atoms with Gasteiger partial charge in [0.1, 0.15) is 29.3 Å². The zero-order chi connectivity index (χ0) is 24.2. The van der Waals surface area contributed by atoms with Gasteiger partial charge in [-0.3, -0.25) is 0 Å². The van der Waals surface area contributed by atoms with E-state index in [9.17, 15) is 5.26 Å². The Kier molecular flexibility index (Phi) is 6.74. The van der Waals surface area contributed by atoms with Gasteiger partial charge in [0.05, 0.1) is 11.2 Å². The average molecular weight is 483 g/mol. The van der Waals surface area contributed by atoms with Crippen molar-refractivity contribution >= 4 is 34.0 Å². The molecule has 1 saturated heterocycles. The van der Waals surface area contributed by atoms with Crippen molar-refractivity contribution in [3.8, 4) is 11.8 Å². The zero-order valence-electron chi connectivity index (χ0n) is 19.7. The van der Waals surface area contributed by atoms with Crippen LogP contribution in [0.3, 0.4) is 0 Å². The quantitative estimate of drug-likeness (QED) is 0.330. The predicted octanol–water partition coefficient (Wildman–Crippen LogP) is 6.73. The molecule has 0 radical (unpaired) electrons. The molecule has 5 nitrogen and oxygen atoms in total. The van der Waals surface area contributed by atoms with Crippen LogP contribution in [-0.4, -0.2) is 24.2 Å². The van der Waals surface area contributed by atoms with Gasteiger partial charge in [-0.25, -0.2) is 4.98 Å². The predicted molar refractivity (Wildman–Crippen MR) is 142 cm³/mol. The number of halogens is 1.